The second-order valence-corrected chi connectivity index (χ2v) is 6.88. The lowest BCUT2D eigenvalue weighted by atomic mass is 10.0. The predicted octanol–water partition coefficient (Wildman–Crippen LogP) is 4.21. The van der Waals surface area contributed by atoms with Crippen molar-refractivity contribution in [1.29, 1.82) is 0 Å². The Morgan fingerprint density at radius 3 is 2.43 bits per heavy atom. The molecule has 0 heterocycles. The smallest absolute Gasteiger partial charge is 0.407 e. The maximum atomic E-state index is 11.9. The van der Waals surface area contributed by atoms with Crippen LogP contribution in [-0.4, -0.2) is 24.0 Å². The lowest BCUT2D eigenvalue weighted by Crippen LogP contribution is -2.32. The molecule has 1 fully saturated rings. The van der Waals surface area contributed by atoms with Crippen molar-refractivity contribution < 1.29 is 14.3 Å². The van der Waals surface area contributed by atoms with Crippen molar-refractivity contribution in [2.75, 3.05) is 6.54 Å². The van der Waals surface area contributed by atoms with Crippen molar-refractivity contribution in [3.05, 3.63) is 41.5 Å². The maximum absolute atomic E-state index is 11.9. The van der Waals surface area contributed by atoms with Gasteiger partial charge in [-0.2, -0.15) is 0 Å². The van der Waals surface area contributed by atoms with E-state index in [1.54, 1.807) is 0 Å². The second-order valence-electron chi connectivity index (χ2n) is 6.88. The maximum Gasteiger partial charge on any atom is 0.407 e. The minimum atomic E-state index is -0.473. The Labute approximate surface area is 137 Å². The molecule has 1 aromatic carbocycles. The van der Waals surface area contributed by atoms with E-state index in [0.29, 0.717) is 6.54 Å². The summed E-state index contributed by atoms with van der Waals surface area (Å²) in [5.41, 5.74) is 1.38. The monoisotopic (exact) mass is 315 g/mol. The van der Waals surface area contributed by atoms with E-state index in [-0.39, 0.29) is 11.7 Å². The number of carbonyl (C=O) groups excluding carboxylic acids is 2. The summed E-state index contributed by atoms with van der Waals surface area (Å²) in [7, 11) is 0. The molecule has 4 nitrogen and oxygen atoms in total. The quantitative estimate of drug-likeness (QED) is 0.632. The molecule has 1 aliphatic rings. The summed E-state index contributed by atoms with van der Waals surface area (Å²) in [6, 6.07) is 7.68. The van der Waals surface area contributed by atoms with Crippen molar-refractivity contribution in [1.82, 2.24) is 5.32 Å². The molecule has 0 unspecified atom stereocenters. The minimum Gasteiger partial charge on any atom is -0.444 e. The SMILES string of the molecule is CC(C)(C)OC(=O)NCCC=Cc1ccc(C(=O)C2CC2)cc1. The molecule has 1 aromatic rings. The van der Waals surface area contributed by atoms with Crippen molar-refractivity contribution in [2.24, 2.45) is 5.92 Å². The van der Waals surface area contributed by atoms with E-state index in [1.165, 1.54) is 0 Å². The Morgan fingerprint density at radius 2 is 1.87 bits per heavy atom. The van der Waals surface area contributed by atoms with Crippen molar-refractivity contribution in [2.45, 2.75) is 45.6 Å². The summed E-state index contributed by atoms with van der Waals surface area (Å²) in [5, 5.41) is 2.71. The number of nitrogens with one attached hydrogen (secondary N) is 1. The van der Waals surface area contributed by atoms with E-state index in [0.717, 1.165) is 30.4 Å². The summed E-state index contributed by atoms with van der Waals surface area (Å²) in [5.74, 6) is 0.525. The van der Waals surface area contributed by atoms with Gasteiger partial charge in [-0.05, 0) is 45.6 Å². The van der Waals surface area contributed by atoms with E-state index < -0.39 is 11.7 Å². The summed E-state index contributed by atoms with van der Waals surface area (Å²) >= 11 is 0. The van der Waals surface area contributed by atoms with Crippen LogP contribution in [0, 0.1) is 5.92 Å². The largest absolute Gasteiger partial charge is 0.444 e. The lowest BCUT2D eigenvalue weighted by Gasteiger charge is -2.19. The molecule has 1 aliphatic carbocycles. The third kappa shape index (κ3) is 6.27. The highest BCUT2D eigenvalue weighted by atomic mass is 16.6. The third-order valence-electron chi connectivity index (χ3n) is 3.43. The standard InChI is InChI=1S/C19H25NO3/c1-19(2,3)23-18(22)20-13-5-4-6-14-7-9-15(10-8-14)17(21)16-11-12-16/h4,6-10,16H,5,11-13H2,1-3H3,(H,20,22). The lowest BCUT2D eigenvalue weighted by molar-refractivity contribution is 0.0528. The summed E-state index contributed by atoms with van der Waals surface area (Å²) in [6.07, 6.45) is 6.38. The molecule has 124 valence electrons. The number of carbonyl (C=O) groups is 2. The van der Waals surface area contributed by atoms with Crippen LogP contribution in [0.15, 0.2) is 30.3 Å². The highest BCUT2D eigenvalue weighted by Crippen LogP contribution is 2.32. The van der Waals surface area contributed by atoms with E-state index in [4.69, 9.17) is 4.74 Å². The van der Waals surface area contributed by atoms with Crippen LogP contribution in [-0.2, 0) is 4.74 Å². The van der Waals surface area contributed by atoms with E-state index >= 15 is 0 Å². The fourth-order valence-corrected chi connectivity index (χ4v) is 2.13. The van der Waals surface area contributed by atoms with Gasteiger partial charge in [0.25, 0.3) is 0 Å². The van der Waals surface area contributed by atoms with Gasteiger partial charge in [-0.25, -0.2) is 4.79 Å². The number of ether oxygens (including phenoxy) is 1. The van der Waals surface area contributed by atoms with Crippen LogP contribution in [0.2, 0.25) is 0 Å². The van der Waals surface area contributed by atoms with Gasteiger partial charge in [0.15, 0.2) is 5.78 Å². The topological polar surface area (TPSA) is 55.4 Å². The Balaban J connectivity index is 1.71. The molecule has 1 amide bonds. The summed E-state index contributed by atoms with van der Waals surface area (Å²) < 4.78 is 5.16. The number of hydrogen-bond donors (Lipinski definition) is 1. The molecule has 0 saturated heterocycles. The highest BCUT2D eigenvalue weighted by molar-refractivity contribution is 5.99. The number of Topliss-reactive ketones (excluding diaryl/α,β-unsaturated/α-hetero) is 1. The summed E-state index contributed by atoms with van der Waals surface area (Å²) in [4.78, 5) is 23.4. The van der Waals surface area contributed by atoms with E-state index in [9.17, 15) is 9.59 Å². The van der Waals surface area contributed by atoms with E-state index in [2.05, 4.69) is 5.32 Å². The van der Waals surface area contributed by atoms with Crippen molar-refractivity contribution in [3.8, 4) is 0 Å². The molecule has 0 aliphatic heterocycles. The average molecular weight is 315 g/mol. The van der Waals surface area contributed by atoms with Gasteiger partial charge in [-0.3, -0.25) is 4.79 Å². The fraction of sp³-hybridized carbons (Fsp3) is 0.474. The molecule has 0 atom stereocenters. The Bertz CT molecular complexity index is 578. The fourth-order valence-electron chi connectivity index (χ4n) is 2.13. The van der Waals surface area contributed by atoms with Crippen molar-refractivity contribution in [3.63, 3.8) is 0 Å². The van der Waals surface area contributed by atoms with Crippen molar-refractivity contribution >= 4 is 18.0 Å². The third-order valence-corrected chi connectivity index (χ3v) is 3.43. The van der Waals surface area contributed by atoms with Crippen LogP contribution in [0.4, 0.5) is 4.79 Å². The molecule has 4 heteroatoms. The number of benzene rings is 1. The molecule has 23 heavy (non-hydrogen) atoms. The molecule has 2 rings (SSSR count). The molecular weight excluding hydrogens is 290 g/mol. The van der Waals surface area contributed by atoms with Gasteiger partial charge in [-0.1, -0.05) is 36.4 Å². The molecule has 0 aromatic heterocycles. The van der Waals surface area contributed by atoms with Crippen LogP contribution in [0.5, 0.6) is 0 Å². The van der Waals surface area contributed by atoms with Gasteiger partial charge >= 0.3 is 6.09 Å². The first kappa shape index (κ1) is 17.3. The zero-order chi connectivity index (χ0) is 16.9. The van der Waals surface area contributed by atoms with E-state index in [1.807, 2.05) is 57.2 Å². The van der Waals surface area contributed by atoms with Crippen LogP contribution < -0.4 is 5.32 Å². The van der Waals surface area contributed by atoms with Gasteiger partial charge in [0.05, 0.1) is 0 Å². The van der Waals surface area contributed by atoms with Crippen LogP contribution in [0.25, 0.3) is 6.08 Å². The van der Waals surface area contributed by atoms with Gasteiger partial charge in [0, 0.05) is 18.0 Å². The van der Waals surface area contributed by atoms with Gasteiger partial charge in [0.2, 0.25) is 0 Å². The normalized spacial score (nSPS) is 14.7. The molecular formula is C19H25NO3. The van der Waals surface area contributed by atoms with Crippen LogP contribution in [0.3, 0.4) is 0 Å². The first-order valence-electron chi connectivity index (χ1n) is 8.13. The Morgan fingerprint density at radius 1 is 1.22 bits per heavy atom. The molecule has 1 N–H and O–H groups in total. The van der Waals surface area contributed by atoms with Crippen LogP contribution in [0.1, 0.15) is 56.0 Å². The number of rotatable bonds is 6. The zero-order valence-electron chi connectivity index (χ0n) is 14.1. The average Bonchev–Trinajstić information content (AvgIpc) is 3.29. The number of ketones is 1. The first-order valence-corrected chi connectivity index (χ1v) is 8.13. The zero-order valence-corrected chi connectivity index (χ0v) is 14.1. The Kier molecular flexibility index (Phi) is 5.59. The molecule has 0 bridgehead atoms. The number of alkyl carbamates (subject to hydrolysis) is 1. The second kappa shape index (κ2) is 7.44. The van der Waals surface area contributed by atoms with Gasteiger partial charge < -0.3 is 10.1 Å². The highest BCUT2D eigenvalue weighted by Gasteiger charge is 2.30. The molecule has 1 saturated carbocycles. The van der Waals surface area contributed by atoms with Crippen LogP contribution >= 0.6 is 0 Å². The molecule has 0 radical (unpaired) electrons. The van der Waals surface area contributed by atoms with Gasteiger partial charge in [-0.15, -0.1) is 0 Å². The predicted molar refractivity (Wildman–Crippen MR) is 91.4 cm³/mol. The van der Waals surface area contributed by atoms with Gasteiger partial charge in [0.1, 0.15) is 5.60 Å². The number of hydrogen-bond acceptors (Lipinski definition) is 3. The summed E-state index contributed by atoms with van der Waals surface area (Å²) in [6.45, 7) is 6.04. The minimum absolute atomic E-state index is 0.260. The molecule has 0 spiro atoms. The Hall–Kier alpha value is -2.10. The number of amides is 1. The first-order chi connectivity index (χ1) is 10.8.